The highest BCUT2D eigenvalue weighted by Crippen LogP contribution is 2.28. The van der Waals surface area contributed by atoms with Crippen molar-refractivity contribution >= 4 is 34.6 Å². The molecule has 1 heterocycles. The lowest BCUT2D eigenvalue weighted by Crippen LogP contribution is -2.33. The Morgan fingerprint density at radius 2 is 1.60 bits per heavy atom. The van der Waals surface area contributed by atoms with Gasteiger partial charge in [0.1, 0.15) is 0 Å². The second-order valence-electron chi connectivity index (χ2n) is 7.50. The number of hydrogen-bond acceptors (Lipinski definition) is 2. The highest BCUT2D eigenvalue weighted by Gasteiger charge is 2.23. The van der Waals surface area contributed by atoms with Gasteiger partial charge in [-0.15, -0.1) is 0 Å². The molecule has 1 fully saturated rings. The molecular weight excluding hydrogens is 390 g/mol. The quantitative estimate of drug-likeness (QED) is 0.563. The highest BCUT2D eigenvalue weighted by molar-refractivity contribution is 7.80. The Morgan fingerprint density at radius 3 is 2.13 bits per heavy atom. The molecule has 30 heavy (non-hydrogen) atoms. The van der Waals surface area contributed by atoms with Gasteiger partial charge in [-0.05, 0) is 60.5 Å². The molecule has 0 bridgehead atoms. The van der Waals surface area contributed by atoms with E-state index in [1.54, 1.807) is 0 Å². The smallest absolute Gasteiger partial charge is 0.227 e. The molecule has 152 valence electrons. The van der Waals surface area contributed by atoms with E-state index in [9.17, 15) is 4.79 Å². The van der Waals surface area contributed by atoms with Crippen LogP contribution in [0.5, 0.6) is 0 Å². The van der Waals surface area contributed by atoms with Gasteiger partial charge in [0.15, 0.2) is 5.11 Å². The minimum Gasteiger partial charge on any atom is -0.352 e. The lowest BCUT2D eigenvalue weighted by molar-refractivity contribution is -0.117. The Balaban J connectivity index is 1.50. The van der Waals surface area contributed by atoms with Crippen molar-refractivity contribution in [2.24, 2.45) is 0 Å². The van der Waals surface area contributed by atoms with Crippen LogP contribution in [0.15, 0.2) is 78.9 Å². The summed E-state index contributed by atoms with van der Waals surface area (Å²) in [6.07, 6.45) is 1.56. The van der Waals surface area contributed by atoms with Crippen molar-refractivity contribution in [1.82, 2.24) is 5.32 Å². The van der Waals surface area contributed by atoms with Crippen LogP contribution < -0.4 is 15.5 Å². The molecule has 0 radical (unpaired) electrons. The number of carbonyl (C=O) groups excluding carboxylic acids is 1. The van der Waals surface area contributed by atoms with E-state index in [4.69, 9.17) is 12.2 Å². The average molecular weight is 416 g/mol. The molecule has 5 heteroatoms. The van der Waals surface area contributed by atoms with Gasteiger partial charge in [-0.1, -0.05) is 60.7 Å². The van der Waals surface area contributed by atoms with Gasteiger partial charge in [-0.3, -0.25) is 4.79 Å². The SMILES string of the molecule is Cc1cc(NC(=S)NC(c2ccccc2)c2ccccc2)ccc1N1CCCC1=O. The summed E-state index contributed by atoms with van der Waals surface area (Å²) in [5.41, 5.74) is 5.23. The molecule has 0 atom stereocenters. The largest absolute Gasteiger partial charge is 0.352 e. The molecule has 1 amide bonds. The van der Waals surface area contributed by atoms with Crippen LogP contribution in [0.25, 0.3) is 0 Å². The van der Waals surface area contributed by atoms with Gasteiger partial charge in [0, 0.05) is 24.3 Å². The Labute approximate surface area is 182 Å². The third-order valence-corrected chi connectivity index (χ3v) is 5.58. The summed E-state index contributed by atoms with van der Waals surface area (Å²) in [4.78, 5) is 13.9. The zero-order valence-electron chi connectivity index (χ0n) is 17.0. The first-order valence-corrected chi connectivity index (χ1v) is 10.6. The van der Waals surface area contributed by atoms with Crippen molar-refractivity contribution in [3.8, 4) is 0 Å². The molecule has 3 aromatic rings. The fourth-order valence-corrected chi connectivity index (χ4v) is 4.12. The molecule has 0 aliphatic carbocycles. The number of hydrogen-bond donors (Lipinski definition) is 2. The number of nitrogens with one attached hydrogen (secondary N) is 2. The van der Waals surface area contributed by atoms with Gasteiger partial charge in [-0.2, -0.15) is 0 Å². The van der Waals surface area contributed by atoms with Crippen LogP contribution in [-0.4, -0.2) is 17.6 Å². The first-order valence-electron chi connectivity index (χ1n) is 10.2. The van der Waals surface area contributed by atoms with Crippen LogP contribution in [-0.2, 0) is 4.79 Å². The van der Waals surface area contributed by atoms with Crippen molar-refractivity contribution in [3.05, 3.63) is 95.6 Å². The topological polar surface area (TPSA) is 44.4 Å². The second-order valence-corrected chi connectivity index (χ2v) is 7.91. The molecule has 1 saturated heterocycles. The molecule has 2 N–H and O–H groups in total. The van der Waals surface area contributed by atoms with Crippen LogP contribution in [0.3, 0.4) is 0 Å². The number of rotatable bonds is 5. The van der Waals surface area contributed by atoms with Gasteiger partial charge in [0.25, 0.3) is 0 Å². The Bertz CT molecular complexity index is 997. The molecule has 0 unspecified atom stereocenters. The van der Waals surface area contributed by atoms with E-state index in [0.717, 1.165) is 41.0 Å². The van der Waals surface area contributed by atoms with Gasteiger partial charge in [0.05, 0.1) is 6.04 Å². The maximum absolute atomic E-state index is 12.1. The molecule has 4 nitrogen and oxygen atoms in total. The third kappa shape index (κ3) is 4.52. The first-order chi connectivity index (χ1) is 14.6. The molecule has 1 aliphatic heterocycles. The number of amides is 1. The van der Waals surface area contributed by atoms with Crippen LogP contribution in [0.1, 0.15) is 35.6 Å². The van der Waals surface area contributed by atoms with E-state index in [0.29, 0.717) is 11.5 Å². The van der Waals surface area contributed by atoms with Gasteiger partial charge < -0.3 is 15.5 Å². The van der Waals surface area contributed by atoms with Crippen LogP contribution >= 0.6 is 12.2 Å². The Morgan fingerprint density at radius 1 is 0.967 bits per heavy atom. The van der Waals surface area contributed by atoms with E-state index < -0.39 is 0 Å². The number of carbonyl (C=O) groups is 1. The number of thiocarbonyl (C=S) groups is 1. The number of anilines is 2. The zero-order chi connectivity index (χ0) is 20.9. The summed E-state index contributed by atoms with van der Waals surface area (Å²) in [6, 6.07) is 26.5. The van der Waals surface area contributed by atoms with Crippen molar-refractivity contribution < 1.29 is 4.79 Å². The maximum Gasteiger partial charge on any atom is 0.227 e. The monoisotopic (exact) mass is 415 g/mol. The van der Waals surface area contributed by atoms with E-state index in [1.165, 1.54) is 0 Å². The molecule has 4 rings (SSSR count). The van der Waals surface area contributed by atoms with Crippen molar-refractivity contribution in [2.45, 2.75) is 25.8 Å². The summed E-state index contributed by atoms with van der Waals surface area (Å²) < 4.78 is 0. The van der Waals surface area contributed by atoms with E-state index in [-0.39, 0.29) is 11.9 Å². The molecule has 0 saturated carbocycles. The Kier molecular flexibility index (Phi) is 6.10. The minimum atomic E-state index is -0.0463. The molecule has 0 aromatic heterocycles. The van der Waals surface area contributed by atoms with Crippen LogP contribution in [0.2, 0.25) is 0 Å². The van der Waals surface area contributed by atoms with Gasteiger partial charge in [0.2, 0.25) is 5.91 Å². The standard InChI is InChI=1S/C25H25N3OS/c1-18-17-21(14-15-22(18)28-16-8-13-23(28)29)26-25(30)27-24(19-9-4-2-5-10-19)20-11-6-3-7-12-20/h2-7,9-12,14-15,17,24H,8,13,16H2,1H3,(H2,26,27,30). The van der Waals surface area contributed by atoms with E-state index in [1.807, 2.05) is 66.4 Å². The summed E-state index contributed by atoms with van der Waals surface area (Å²) in [6.45, 7) is 2.82. The van der Waals surface area contributed by atoms with Gasteiger partial charge >= 0.3 is 0 Å². The molecule has 3 aromatic carbocycles. The van der Waals surface area contributed by atoms with E-state index in [2.05, 4.69) is 34.9 Å². The maximum atomic E-state index is 12.1. The van der Waals surface area contributed by atoms with E-state index >= 15 is 0 Å². The lowest BCUT2D eigenvalue weighted by atomic mass is 9.99. The summed E-state index contributed by atoms with van der Waals surface area (Å²) in [5.74, 6) is 0.199. The highest BCUT2D eigenvalue weighted by atomic mass is 32.1. The number of aryl methyl sites for hydroxylation is 1. The number of nitrogens with zero attached hydrogens (tertiary/aromatic N) is 1. The summed E-state index contributed by atoms with van der Waals surface area (Å²) in [5, 5.41) is 7.30. The fraction of sp³-hybridized carbons (Fsp3) is 0.200. The summed E-state index contributed by atoms with van der Waals surface area (Å²) in [7, 11) is 0. The minimum absolute atomic E-state index is 0.0463. The summed E-state index contributed by atoms with van der Waals surface area (Å²) >= 11 is 5.63. The van der Waals surface area contributed by atoms with Crippen LogP contribution in [0.4, 0.5) is 11.4 Å². The van der Waals surface area contributed by atoms with Crippen LogP contribution in [0, 0.1) is 6.92 Å². The average Bonchev–Trinajstić information content (AvgIpc) is 3.19. The normalized spacial score (nSPS) is 13.5. The predicted molar refractivity (Wildman–Crippen MR) is 127 cm³/mol. The Hall–Kier alpha value is -3.18. The van der Waals surface area contributed by atoms with Crippen molar-refractivity contribution in [2.75, 3.05) is 16.8 Å². The first kappa shape index (κ1) is 20.1. The lowest BCUT2D eigenvalue weighted by Gasteiger charge is -2.23. The zero-order valence-corrected chi connectivity index (χ0v) is 17.8. The molecule has 0 spiro atoms. The third-order valence-electron chi connectivity index (χ3n) is 5.36. The van der Waals surface area contributed by atoms with Gasteiger partial charge in [-0.25, -0.2) is 0 Å². The molecular formula is C25H25N3OS. The van der Waals surface area contributed by atoms with Crippen molar-refractivity contribution in [3.63, 3.8) is 0 Å². The molecule has 1 aliphatic rings. The fourth-order valence-electron chi connectivity index (χ4n) is 3.89. The van der Waals surface area contributed by atoms with Crippen molar-refractivity contribution in [1.29, 1.82) is 0 Å². The second kappa shape index (κ2) is 9.09. The predicted octanol–water partition coefficient (Wildman–Crippen LogP) is 5.20. The number of benzene rings is 3.